The topological polar surface area (TPSA) is 99.7 Å². The predicted molar refractivity (Wildman–Crippen MR) is 101 cm³/mol. The summed E-state index contributed by atoms with van der Waals surface area (Å²) in [5, 5.41) is 3.45. The van der Waals surface area contributed by atoms with Gasteiger partial charge in [0, 0.05) is 61.8 Å². The summed E-state index contributed by atoms with van der Waals surface area (Å²) in [7, 11) is 0. The zero-order valence-electron chi connectivity index (χ0n) is 15.1. The molecule has 0 atom stereocenters. The highest BCUT2D eigenvalue weighted by atomic mass is 16.2. The fraction of sp³-hybridized carbons (Fsp3) is 0.316. The zero-order valence-corrected chi connectivity index (χ0v) is 15.1. The Morgan fingerprint density at radius 1 is 1.26 bits per heavy atom. The number of carbonyl (C=O) groups is 1. The lowest BCUT2D eigenvalue weighted by Crippen LogP contribution is -2.35. The van der Waals surface area contributed by atoms with E-state index in [1.165, 1.54) is 0 Å². The minimum Gasteiger partial charge on any atom is -0.369 e. The maximum atomic E-state index is 11.8. The predicted octanol–water partition coefficient (Wildman–Crippen LogP) is 1.82. The van der Waals surface area contributed by atoms with E-state index in [1.807, 2.05) is 23.2 Å². The largest absolute Gasteiger partial charge is 0.369 e. The summed E-state index contributed by atoms with van der Waals surface area (Å²) in [6.07, 6.45) is 8.53. The van der Waals surface area contributed by atoms with Crippen molar-refractivity contribution in [2.75, 3.05) is 18.4 Å². The highest BCUT2D eigenvalue weighted by molar-refractivity contribution is 5.74. The molecule has 1 aliphatic heterocycles. The summed E-state index contributed by atoms with van der Waals surface area (Å²) in [6.45, 7) is 3.54. The van der Waals surface area contributed by atoms with Crippen LogP contribution in [-0.4, -0.2) is 48.8 Å². The molecule has 0 unspecified atom stereocenters. The van der Waals surface area contributed by atoms with Crippen LogP contribution in [0, 0.1) is 0 Å². The highest BCUT2D eigenvalue weighted by Crippen LogP contribution is 2.27. The van der Waals surface area contributed by atoms with Crippen molar-refractivity contribution in [2.24, 2.45) is 0 Å². The summed E-state index contributed by atoms with van der Waals surface area (Å²) in [5.74, 6) is 1.55. The molecule has 4 rings (SSSR count). The number of nitrogens with zero attached hydrogens (tertiary/aromatic N) is 5. The van der Waals surface area contributed by atoms with Crippen molar-refractivity contribution in [3.63, 3.8) is 0 Å². The van der Waals surface area contributed by atoms with E-state index >= 15 is 0 Å². The van der Waals surface area contributed by atoms with E-state index < -0.39 is 0 Å². The second kappa shape index (κ2) is 7.53. The van der Waals surface area contributed by atoms with Crippen molar-refractivity contribution >= 4 is 11.7 Å². The van der Waals surface area contributed by atoms with Crippen molar-refractivity contribution in [1.82, 2.24) is 29.8 Å². The molecule has 8 heteroatoms. The molecule has 1 aliphatic rings. The van der Waals surface area contributed by atoms with Gasteiger partial charge >= 0.3 is 0 Å². The number of hydrogen-bond acceptors (Lipinski definition) is 6. The van der Waals surface area contributed by atoms with Gasteiger partial charge in [-0.05, 0) is 18.6 Å². The molecule has 0 radical (unpaired) electrons. The second-order valence-electron chi connectivity index (χ2n) is 6.50. The lowest BCUT2D eigenvalue weighted by molar-refractivity contribution is -0.129. The Morgan fingerprint density at radius 2 is 2.11 bits per heavy atom. The van der Waals surface area contributed by atoms with Crippen molar-refractivity contribution in [2.45, 2.75) is 26.3 Å². The van der Waals surface area contributed by atoms with Gasteiger partial charge in [0.25, 0.3) is 0 Å². The first kappa shape index (κ1) is 17.1. The average Bonchev–Trinajstić information content (AvgIpc) is 3.21. The number of amides is 1. The number of pyridine rings is 1. The van der Waals surface area contributed by atoms with Crippen LogP contribution in [0.5, 0.6) is 0 Å². The quantitative estimate of drug-likeness (QED) is 0.717. The Balaban J connectivity index is 1.64. The van der Waals surface area contributed by atoms with E-state index in [-0.39, 0.29) is 5.91 Å². The molecule has 2 N–H and O–H groups in total. The fourth-order valence-electron chi connectivity index (χ4n) is 3.21. The van der Waals surface area contributed by atoms with Gasteiger partial charge < -0.3 is 15.2 Å². The van der Waals surface area contributed by atoms with E-state index in [0.717, 1.165) is 47.7 Å². The first-order chi connectivity index (χ1) is 13.2. The first-order valence-corrected chi connectivity index (χ1v) is 8.97. The Morgan fingerprint density at radius 3 is 2.85 bits per heavy atom. The number of rotatable bonds is 5. The minimum absolute atomic E-state index is 0.0680. The Kier molecular flexibility index (Phi) is 4.78. The summed E-state index contributed by atoms with van der Waals surface area (Å²) in [5.41, 5.74) is 3.98. The molecule has 0 aromatic carbocycles. The molecule has 138 valence electrons. The molecule has 8 nitrogen and oxygen atoms in total. The van der Waals surface area contributed by atoms with Gasteiger partial charge in [0.15, 0.2) is 5.82 Å². The number of H-pyrrole nitrogens is 1. The third kappa shape index (κ3) is 3.79. The molecule has 1 amide bonds. The SMILES string of the molecule is CC(=O)N1CCc2c(nc(-c3ccncc3)nc2NCCc2cnc[nH]2)C1. The van der Waals surface area contributed by atoms with Crippen LogP contribution in [0.25, 0.3) is 11.4 Å². The standard InChI is InChI=1S/C19H21N7O/c1-13(27)26-9-5-16-17(11-26)24-18(14-2-6-20-7-3-14)25-19(16)22-8-4-15-10-21-12-23-15/h2-3,6-7,10,12H,4-5,8-9,11H2,1H3,(H,21,23)(H,22,24,25). The van der Waals surface area contributed by atoms with E-state index in [9.17, 15) is 4.79 Å². The monoisotopic (exact) mass is 363 g/mol. The van der Waals surface area contributed by atoms with Crippen LogP contribution in [0.4, 0.5) is 5.82 Å². The number of fused-ring (bicyclic) bond motifs is 1. The van der Waals surface area contributed by atoms with Crippen molar-refractivity contribution in [3.8, 4) is 11.4 Å². The number of nitrogens with one attached hydrogen (secondary N) is 2. The van der Waals surface area contributed by atoms with E-state index in [4.69, 9.17) is 9.97 Å². The van der Waals surface area contributed by atoms with Gasteiger partial charge in [-0.2, -0.15) is 0 Å². The van der Waals surface area contributed by atoms with Crippen LogP contribution < -0.4 is 5.32 Å². The van der Waals surface area contributed by atoms with Crippen LogP contribution in [0.2, 0.25) is 0 Å². The van der Waals surface area contributed by atoms with Gasteiger partial charge in [-0.3, -0.25) is 9.78 Å². The van der Waals surface area contributed by atoms with Crippen LogP contribution in [-0.2, 0) is 24.2 Å². The molecule has 0 aliphatic carbocycles. The summed E-state index contributed by atoms with van der Waals surface area (Å²) in [6, 6.07) is 3.78. The molecule has 0 spiro atoms. The molecule has 0 saturated carbocycles. The van der Waals surface area contributed by atoms with E-state index in [0.29, 0.717) is 18.9 Å². The third-order valence-corrected chi connectivity index (χ3v) is 4.69. The molecule has 3 aromatic rings. The molecule has 3 aromatic heterocycles. The molecule has 0 saturated heterocycles. The Labute approximate surface area is 157 Å². The van der Waals surface area contributed by atoms with Crippen molar-refractivity contribution in [3.05, 3.63) is 54.0 Å². The van der Waals surface area contributed by atoms with Gasteiger partial charge in [0.05, 0.1) is 18.6 Å². The maximum Gasteiger partial charge on any atom is 0.219 e. The van der Waals surface area contributed by atoms with Crippen LogP contribution in [0.1, 0.15) is 23.9 Å². The number of aromatic amines is 1. The molecule has 0 bridgehead atoms. The maximum absolute atomic E-state index is 11.8. The Hall–Kier alpha value is -3.29. The average molecular weight is 363 g/mol. The highest BCUT2D eigenvalue weighted by Gasteiger charge is 2.24. The lowest BCUT2D eigenvalue weighted by atomic mass is 10.0. The smallest absolute Gasteiger partial charge is 0.219 e. The summed E-state index contributed by atoms with van der Waals surface area (Å²) >= 11 is 0. The van der Waals surface area contributed by atoms with Gasteiger partial charge in [0.1, 0.15) is 5.82 Å². The minimum atomic E-state index is 0.0680. The van der Waals surface area contributed by atoms with Crippen LogP contribution in [0.3, 0.4) is 0 Å². The zero-order chi connectivity index (χ0) is 18.6. The molecular formula is C19H21N7O. The number of carbonyl (C=O) groups excluding carboxylic acids is 1. The number of hydrogen-bond donors (Lipinski definition) is 2. The van der Waals surface area contributed by atoms with E-state index in [2.05, 4.69) is 20.3 Å². The number of imidazole rings is 1. The van der Waals surface area contributed by atoms with Crippen LogP contribution >= 0.6 is 0 Å². The summed E-state index contributed by atoms with van der Waals surface area (Å²) in [4.78, 5) is 34.3. The summed E-state index contributed by atoms with van der Waals surface area (Å²) < 4.78 is 0. The molecular weight excluding hydrogens is 342 g/mol. The Bertz CT molecular complexity index is 925. The normalized spacial score (nSPS) is 13.3. The lowest BCUT2D eigenvalue weighted by Gasteiger charge is -2.28. The van der Waals surface area contributed by atoms with Gasteiger partial charge in [0.2, 0.25) is 5.91 Å². The van der Waals surface area contributed by atoms with Crippen molar-refractivity contribution in [1.29, 1.82) is 0 Å². The fourth-order valence-corrected chi connectivity index (χ4v) is 3.21. The number of anilines is 1. The number of aromatic nitrogens is 5. The van der Waals surface area contributed by atoms with Crippen LogP contribution in [0.15, 0.2) is 37.1 Å². The first-order valence-electron chi connectivity index (χ1n) is 8.97. The molecule has 0 fully saturated rings. The third-order valence-electron chi connectivity index (χ3n) is 4.69. The second-order valence-corrected chi connectivity index (χ2v) is 6.50. The van der Waals surface area contributed by atoms with Gasteiger partial charge in [-0.15, -0.1) is 0 Å². The van der Waals surface area contributed by atoms with Gasteiger partial charge in [-0.1, -0.05) is 0 Å². The van der Waals surface area contributed by atoms with Gasteiger partial charge in [-0.25, -0.2) is 15.0 Å². The van der Waals surface area contributed by atoms with Crippen molar-refractivity contribution < 1.29 is 4.79 Å². The molecule has 4 heterocycles. The molecule has 27 heavy (non-hydrogen) atoms. The van der Waals surface area contributed by atoms with E-state index in [1.54, 1.807) is 25.6 Å².